The summed E-state index contributed by atoms with van der Waals surface area (Å²) in [6.07, 6.45) is 0.0442. The molecule has 74 valence electrons. The zero-order chi connectivity index (χ0) is 9.61. The Morgan fingerprint density at radius 2 is 2.00 bits per heavy atom. The molecule has 0 unspecified atom stereocenters. The lowest BCUT2D eigenvalue weighted by Crippen LogP contribution is -2.28. The van der Waals surface area contributed by atoms with Crippen LogP contribution in [0.4, 0.5) is 0 Å². The Bertz CT molecular complexity index is 200. The van der Waals surface area contributed by atoms with Crippen molar-refractivity contribution in [2.24, 2.45) is 0 Å². The van der Waals surface area contributed by atoms with Crippen molar-refractivity contribution < 1.29 is 18.0 Å². The molecule has 0 aromatic carbocycles. The first kappa shape index (κ1) is 11.8. The topological polar surface area (TPSA) is 64.6 Å². The third-order valence-corrected chi connectivity index (χ3v) is 2.14. The van der Waals surface area contributed by atoms with Gasteiger partial charge in [0.1, 0.15) is 0 Å². The smallest absolute Gasteiger partial charge is 0.235 e. The fourth-order valence-electron chi connectivity index (χ4n) is 0.562. The molecule has 0 heterocycles. The fourth-order valence-corrected chi connectivity index (χ4v) is 1.22. The van der Waals surface area contributed by atoms with Gasteiger partial charge in [-0.1, -0.05) is 4.89 Å². The van der Waals surface area contributed by atoms with Gasteiger partial charge in [-0.25, -0.2) is 8.42 Å². The van der Waals surface area contributed by atoms with Crippen LogP contribution in [-0.2, 0) is 19.6 Å². The summed E-state index contributed by atoms with van der Waals surface area (Å²) in [5.74, 6) is -0.0843. The molecule has 0 rings (SSSR count). The number of hydrogen-bond donors (Lipinski definition) is 1. The van der Waals surface area contributed by atoms with E-state index in [0.29, 0.717) is 0 Å². The molecular formula is C6H15NO4S. The molecule has 0 spiro atoms. The molecule has 0 fully saturated rings. The molecule has 0 saturated heterocycles. The lowest BCUT2D eigenvalue weighted by Gasteiger charge is -2.07. The van der Waals surface area contributed by atoms with Crippen LogP contribution in [0.3, 0.4) is 0 Å². The Balaban J connectivity index is 3.62. The summed E-state index contributed by atoms with van der Waals surface area (Å²) in [6, 6.07) is 0. The molecule has 6 heteroatoms. The van der Waals surface area contributed by atoms with E-state index in [1.165, 1.54) is 7.11 Å². The Morgan fingerprint density at radius 1 is 1.42 bits per heavy atom. The molecule has 0 aromatic heterocycles. The van der Waals surface area contributed by atoms with Gasteiger partial charge in [-0.2, -0.15) is 0 Å². The molecule has 0 atom stereocenters. The first-order chi connectivity index (χ1) is 5.48. The van der Waals surface area contributed by atoms with Crippen LogP contribution in [0, 0.1) is 0 Å². The highest BCUT2D eigenvalue weighted by molar-refractivity contribution is 7.89. The molecule has 0 amide bonds. The van der Waals surface area contributed by atoms with E-state index in [9.17, 15) is 8.42 Å². The van der Waals surface area contributed by atoms with Gasteiger partial charge in [0.2, 0.25) is 10.0 Å². The summed E-state index contributed by atoms with van der Waals surface area (Å²) in [7, 11) is -2.07. The van der Waals surface area contributed by atoms with Gasteiger partial charge >= 0.3 is 0 Å². The highest BCUT2D eigenvalue weighted by Crippen LogP contribution is 1.90. The van der Waals surface area contributed by atoms with E-state index in [2.05, 4.69) is 4.84 Å². The van der Waals surface area contributed by atoms with Crippen molar-refractivity contribution in [2.45, 2.75) is 20.0 Å². The van der Waals surface area contributed by atoms with E-state index < -0.39 is 10.0 Å². The molecule has 0 aliphatic carbocycles. The molecule has 0 aromatic rings. The predicted octanol–water partition coefficient (Wildman–Crippen LogP) is -0.108. The van der Waals surface area contributed by atoms with Crippen molar-refractivity contribution >= 4 is 10.0 Å². The van der Waals surface area contributed by atoms with Crippen LogP contribution >= 0.6 is 0 Å². The molecule has 1 N–H and O–H groups in total. The zero-order valence-electron chi connectivity index (χ0n) is 7.53. The van der Waals surface area contributed by atoms with Crippen molar-refractivity contribution in [3.8, 4) is 0 Å². The van der Waals surface area contributed by atoms with E-state index in [1.807, 2.05) is 18.7 Å². The van der Waals surface area contributed by atoms with Gasteiger partial charge in [0.15, 0.2) is 0 Å². The molecule has 0 bridgehead atoms. The lowest BCUT2D eigenvalue weighted by atomic mass is 10.5. The lowest BCUT2D eigenvalue weighted by molar-refractivity contribution is 0.0896. The van der Waals surface area contributed by atoms with Gasteiger partial charge in [0.25, 0.3) is 0 Å². The van der Waals surface area contributed by atoms with E-state index in [-0.39, 0.29) is 18.5 Å². The molecule has 12 heavy (non-hydrogen) atoms. The molecule has 0 radical (unpaired) electrons. The monoisotopic (exact) mass is 197 g/mol. The maximum atomic E-state index is 10.9. The van der Waals surface area contributed by atoms with Crippen LogP contribution in [0.25, 0.3) is 0 Å². The average Bonchev–Trinajstić information content (AvgIpc) is 1.85. The van der Waals surface area contributed by atoms with Crippen LogP contribution in [0.15, 0.2) is 0 Å². The number of rotatable bonds is 6. The summed E-state index contributed by atoms with van der Waals surface area (Å²) >= 11 is 0. The largest absolute Gasteiger partial charge is 0.378 e. The zero-order valence-corrected chi connectivity index (χ0v) is 8.35. The third-order valence-electron chi connectivity index (χ3n) is 1.01. The van der Waals surface area contributed by atoms with Gasteiger partial charge in [-0.3, -0.25) is 4.84 Å². The van der Waals surface area contributed by atoms with Gasteiger partial charge in [0, 0.05) is 0 Å². The highest BCUT2D eigenvalue weighted by atomic mass is 32.2. The minimum atomic E-state index is -3.32. The molecule has 0 aliphatic rings. The standard InChI is InChI=1S/C6H15NO4S/c1-6(2)11-4-5-12(8,9)7-10-3/h6-7H,4-5H2,1-3H3. The van der Waals surface area contributed by atoms with Gasteiger partial charge in [-0.15, -0.1) is 0 Å². The normalized spacial score (nSPS) is 12.3. The number of nitrogens with one attached hydrogen (secondary N) is 1. The highest BCUT2D eigenvalue weighted by Gasteiger charge is 2.08. The fraction of sp³-hybridized carbons (Fsp3) is 1.00. The Labute approximate surface area is 73.1 Å². The summed E-state index contributed by atoms with van der Waals surface area (Å²) in [5.41, 5.74) is 0. The summed E-state index contributed by atoms with van der Waals surface area (Å²) in [6.45, 7) is 3.86. The number of sulfonamides is 1. The Kier molecular flexibility index (Phi) is 5.39. The van der Waals surface area contributed by atoms with E-state index in [1.54, 1.807) is 0 Å². The van der Waals surface area contributed by atoms with Crippen LogP contribution < -0.4 is 4.89 Å². The molecule has 0 aliphatic heterocycles. The van der Waals surface area contributed by atoms with Crippen LogP contribution in [0.1, 0.15) is 13.8 Å². The summed E-state index contributed by atoms with van der Waals surface area (Å²) in [5, 5.41) is 0. The van der Waals surface area contributed by atoms with Gasteiger partial charge < -0.3 is 4.74 Å². The average molecular weight is 197 g/mol. The van der Waals surface area contributed by atoms with Gasteiger partial charge in [-0.05, 0) is 13.8 Å². The molecule has 5 nitrogen and oxygen atoms in total. The number of hydrogen-bond acceptors (Lipinski definition) is 4. The van der Waals surface area contributed by atoms with Crippen molar-refractivity contribution in [3.63, 3.8) is 0 Å². The second-order valence-corrected chi connectivity index (χ2v) is 4.33. The first-order valence-corrected chi connectivity index (χ1v) is 5.27. The van der Waals surface area contributed by atoms with E-state index >= 15 is 0 Å². The maximum Gasteiger partial charge on any atom is 0.235 e. The maximum absolute atomic E-state index is 10.9. The Hall–Kier alpha value is -0.170. The summed E-state index contributed by atoms with van der Waals surface area (Å²) < 4.78 is 26.8. The minimum Gasteiger partial charge on any atom is -0.378 e. The van der Waals surface area contributed by atoms with Crippen LogP contribution in [0.2, 0.25) is 0 Å². The van der Waals surface area contributed by atoms with Crippen molar-refractivity contribution in [1.82, 2.24) is 4.89 Å². The molecular weight excluding hydrogens is 182 g/mol. The van der Waals surface area contributed by atoms with Crippen LogP contribution in [0.5, 0.6) is 0 Å². The number of ether oxygens (including phenoxy) is 1. The van der Waals surface area contributed by atoms with E-state index in [0.717, 1.165) is 0 Å². The van der Waals surface area contributed by atoms with Crippen molar-refractivity contribution in [1.29, 1.82) is 0 Å². The van der Waals surface area contributed by atoms with Gasteiger partial charge in [0.05, 0.1) is 25.6 Å². The minimum absolute atomic E-state index is 0.0442. The second-order valence-electron chi connectivity index (χ2n) is 2.53. The van der Waals surface area contributed by atoms with Crippen molar-refractivity contribution in [3.05, 3.63) is 0 Å². The SMILES string of the molecule is CONS(=O)(=O)CCOC(C)C. The predicted molar refractivity (Wildman–Crippen MR) is 45.0 cm³/mol. The summed E-state index contributed by atoms with van der Waals surface area (Å²) in [4.78, 5) is 6.16. The molecule has 0 saturated carbocycles. The quantitative estimate of drug-likeness (QED) is 0.603. The van der Waals surface area contributed by atoms with Crippen LogP contribution in [-0.4, -0.2) is 34.0 Å². The first-order valence-electron chi connectivity index (χ1n) is 3.62. The Morgan fingerprint density at radius 3 is 2.42 bits per heavy atom. The second kappa shape index (κ2) is 5.47. The van der Waals surface area contributed by atoms with E-state index in [4.69, 9.17) is 4.74 Å². The van der Waals surface area contributed by atoms with Crippen molar-refractivity contribution in [2.75, 3.05) is 19.5 Å². The third kappa shape index (κ3) is 6.53.